The van der Waals surface area contributed by atoms with Crippen LogP contribution in [-0.2, 0) is 17.9 Å². The van der Waals surface area contributed by atoms with Gasteiger partial charge in [-0.2, -0.15) is 0 Å². The van der Waals surface area contributed by atoms with Crippen LogP contribution in [0.2, 0.25) is 0 Å². The van der Waals surface area contributed by atoms with E-state index in [9.17, 15) is 0 Å². The van der Waals surface area contributed by atoms with Crippen molar-refractivity contribution < 1.29 is 4.74 Å². The maximum absolute atomic E-state index is 5.73. The fraction of sp³-hybridized carbons (Fsp3) is 0.667. The molecular weight excluding hydrogens is 246 g/mol. The summed E-state index contributed by atoms with van der Waals surface area (Å²) in [6, 6.07) is 8.72. The Morgan fingerprint density at radius 2 is 1.65 bits per heavy atom. The third kappa shape index (κ3) is 8.34. The first kappa shape index (κ1) is 17.2. The lowest BCUT2D eigenvalue weighted by Gasteiger charge is -2.17. The quantitative estimate of drug-likeness (QED) is 0.712. The molecule has 1 rings (SSSR count). The molecule has 0 radical (unpaired) electrons. The minimum atomic E-state index is 0.353. The van der Waals surface area contributed by atoms with Crippen LogP contribution in [0.1, 0.15) is 52.2 Å². The van der Waals surface area contributed by atoms with Gasteiger partial charge in [0.1, 0.15) is 0 Å². The number of benzene rings is 1. The van der Waals surface area contributed by atoms with Crippen molar-refractivity contribution >= 4 is 0 Å². The summed E-state index contributed by atoms with van der Waals surface area (Å²) >= 11 is 0. The summed E-state index contributed by atoms with van der Waals surface area (Å²) in [5.41, 5.74) is 2.95. The van der Waals surface area contributed by atoms with Crippen molar-refractivity contribution in [2.24, 2.45) is 11.3 Å². The maximum Gasteiger partial charge on any atom is 0.0716 e. The molecule has 0 atom stereocenters. The molecular formula is C18H31NO. The number of ether oxygens (including phenoxy) is 1. The van der Waals surface area contributed by atoms with Crippen LogP contribution in [0, 0.1) is 11.3 Å². The summed E-state index contributed by atoms with van der Waals surface area (Å²) in [6.07, 6.45) is 1.10. The highest BCUT2D eigenvalue weighted by Gasteiger charge is 2.09. The Kier molecular flexibility index (Phi) is 7.25. The van der Waals surface area contributed by atoms with Gasteiger partial charge < -0.3 is 10.1 Å². The molecule has 0 aliphatic heterocycles. The normalized spacial score (nSPS) is 12.1. The lowest BCUT2D eigenvalue weighted by Crippen LogP contribution is -2.18. The molecule has 2 heteroatoms. The van der Waals surface area contributed by atoms with Gasteiger partial charge in [-0.05, 0) is 35.4 Å². The van der Waals surface area contributed by atoms with Gasteiger partial charge >= 0.3 is 0 Å². The highest BCUT2D eigenvalue weighted by molar-refractivity contribution is 5.21. The molecule has 0 amide bonds. The molecule has 0 unspecified atom stereocenters. The molecule has 20 heavy (non-hydrogen) atoms. The van der Waals surface area contributed by atoms with Gasteiger partial charge in [-0.15, -0.1) is 0 Å². The molecule has 0 aliphatic carbocycles. The molecule has 2 nitrogen and oxygen atoms in total. The van der Waals surface area contributed by atoms with E-state index < -0.39 is 0 Å². The van der Waals surface area contributed by atoms with Crippen LogP contribution in [0.5, 0.6) is 0 Å². The molecule has 114 valence electrons. The second-order valence-electron chi connectivity index (χ2n) is 7.20. The second-order valence-corrected chi connectivity index (χ2v) is 7.20. The largest absolute Gasteiger partial charge is 0.377 e. The molecule has 0 aromatic heterocycles. The van der Waals surface area contributed by atoms with Crippen LogP contribution in [0.15, 0.2) is 24.3 Å². The third-order valence-corrected chi connectivity index (χ3v) is 3.17. The van der Waals surface area contributed by atoms with E-state index in [1.807, 2.05) is 0 Å². The van der Waals surface area contributed by atoms with Crippen LogP contribution in [0.25, 0.3) is 0 Å². The van der Waals surface area contributed by atoms with Gasteiger partial charge in [0, 0.05) is 13.2 Å². The van der Waals surface area contributed by atoms with Crippen LogP contribution in [-0.4, -0.2) is 13.2 Å². The molecule has 0 saturated heterocycles. The molecule has 1 aromatic rings. The van der Waals surface area contributed by atoms with Crippen molar-refractivity contribution in [2.75, 3.05) is 13.2 Å². The zero-order chi connectivity index (χ0) is 15.0. The number of hydrogen-bond donors (Lipinski definition) is 1. The zero-order valence-corrected chi connectivity index (χ0v) is 13.8. The Balaban J connectivity index is 2.25. The van der Waals surface area contributed by atoms with E-state index in [0.29, 0.717) is 11.3 Å². The Bertz CT molecular complexity index is 362. The van der Waals surface area contributed by atoms with E-state index in [0.717, 1.165) is 32.7 Å². The highest BCUT2D eigenvalue weighted by Crippen LogP contribution is 2.18. The number of hydrogen-bond acceptors (Lipinski definition) is 2. The number of rotatable bonds is 8. The average Bonchev–Trinajstić information content (AvgIpc) is 2.35. The Morgan fingerprint density at radius 3 is 2.20 bits per heavy atom. The van der Waals surface area contributed by atoms with Gasteiger partial charge in [0.2, 0.25) is 0 Å². The van der Waals surface area contributed by atoms with Crippen LogP contribution >= 0.6 is 0 Å². The van der Waals surface area contributed by atoms with Gasteiger partial charge in [0.15, 0.2) is 0 Å². The second kappa shape index (κ2) is 8.43. The smallest absolute Gasteiger partial charge is 0.0716 e. The van der Waals surface area contributed by atoms with Crippen molar-refractivity contribution in [1.82, 2.24) is 5.32 Å². The molecule has 0 heterocycles. The average molecular weight is 277 g/mol. The molecule has 1 aromatic carbocycles. The topological polar surface area (TPSA) is 21.3 Å². The molecule has 1 N–H and O–H groups in total. The molecule has 0 aliphatic rings. The summed E-state index contributed by atoms with van der Waals surface area (Å²) in [4.78, 5) is 0. The van der Waals surface area contributed by atoms with E-state index in [1.54, 1.807) is 0 Å². The number of nitrogens with one attached hydrogen (secondary N) is 1. The highest BCUT2D eigenvalue weighted by atomic mass is 16.5. The predicted octanol–water partition coefficient (Wildman–Crippen LogP) is 4.39. The summed E-state index contributed by atoms with van der Waals surface area (Å²) in [5.74, 6) is 0.700. The summed E-state index contributed by atoms with van der Waals surface area (Å²) in [7, 11) is 0. The van der Waals surface area contributed by atoms with E-state index in [2.05, 4.69) is 64.2 Å². The van der Waals surface area contributed by atoms with Crippen molar-refractivity contribution in [3.05, 3.63) is 35.4 Å². The lowest BCUT2D eigenvalue weighted by atomic mass is 9.93. The standard InChI is InChI=1S/C18H31NO/c1-15(2)12-19-13-16-6-8-17(9-7-16)14-20-11-10-18(3,4)5/h6-9,15,19H,10-14H2,1-5H3. The first-order valence-corrected chi connectivity index (χ1v) is 7.73. The Hall–Kier alpha value is -0.860. The fourth-order valence-electron chi connectivity index (χ4n) is 1.83. The maximum atomic E-state index is 5.73. The van der Waals surface area contributed by atoms with Gasteiger partial charge in [0.25, 0.3) is 0 Å². The third-order valence-electron chi connectivity index (χ3n) is 3.17. The fourth-order valence-corrected chi connectivity index (χ4v) is 1.83. The van der Waals surface area contributed by atoms with Gasteiger partial charge in [-0.3, -0.25) is 0 Å². The van der Waals surface area contributed by atoms with Gasteiger partial charge in [-0.25, -0.2) is 0 Å². The Labute approximate surface area is 124 Å². The minimum absolute atomic E-state index is 0.353. The van der Waals surface area contributed by atoms with E-state index >= 15 is 0 Å². The van der Waals surface area contributed by atoms with Crippen LogP contribution in [0.4, 0.5) is 0 Å². The molecule has 0 spiro atoms. The van der Waals surface area contributed by atoms with Crippen molar-refractivity contribution in [1.29, 1.82) is 0 Å². The summed E-state index contributed by atoms with van der Waals surface area (Å²) in [5, 5.41) is 3.46. The Morgan fingerprint density at radius 1 is 1.05 bits per heavy atom. The summed E-state index contributed by atoms with van der Waals surface area (Å²) < 4.78 is 5.73. The van der Waals surface area contributed by atoms with Gasteiger partial charge in [-0.1, -0.05) is 58.9 Å². The molecule has 0 saturated carbocycles. The van der Waals surface area contributed by atoms with E-state index in [4.69, 9.17) is 4.74 Å². The van der Waals surface area contributed by atoms with Crippen molar-refractivity contribution in [2.45, 2.75) is 54.2 Å². The van der Waals surface area contributed by atoms with E-state index in [1.165, 1.54) is 11.1 Å². The van der Waals surface area contributed by atoms with Crippen molar-refractivity contribution in [3.63, 3.8) is 0 Å². The zero-order valence-electron chi connectivity index (χ0n) is 13.8. The van der Waals surface area contributed by atoms with Crippen LogP contribution < -0.4 is 5.32 Å². The van der Waals surface area contributed by atoms with Crippen LogP contribution in [0.3, 0.4) is 0 Å². The SMILES string of the molecule is CC(C)CNCc1ccc(COCCC(C)(C)C)cc1. The van der Waals surface area contributed by atoms with Crippen molar-refractivity contribution in [3.8, 4) is 0 Å². The molecule has 0 bridgehead atoms. The first-order chi connectivity index (χ1) is 9.37. The minimum Gasteiger partial charge on any atom is -0.377 e. The summed E-state index contributed by atoms with van der Waals surface area (Å²) in [6.45, 7) is 14.8. The van der Waals surface area contributed by atoms with E-state index in [-0.39, 0.29) is 0 Å². The lowest BCUT2D eigenvalue weighted by molar-refractivity contribution is 0.0962. The predicted molar refractivity (Wildman–Crippen MR) is 86.7 cm³/mol. The monoisotopic (exact) mass is 277 g/mol. The first-order valence-electron chi connectivity index (χ1n) is 7.73. The van der Waals surface area contributed by atoms with Gasteiger partial charge in [0.05, 0.1) is 6.61 Å². The molecule has 0 fully saturated rings.